The fourth-order valence-corrected chi connectivity index (χ4v) is 3.87. The Labute approximate surface area is 147 Å². The number of rotatable bonds is 6. The number of unbranched alkanes of at least 4 members (excludes halogenated alkanes) is 1. The highest BCUT2D eigenvalue weighted by atomic mass is 35.5. The number of ether oxygens (including phenoxy) is 1. The van der Waals surface area contributed by atoms with Crippen LogP contribution in [0.15, 0.2) is 29.3 Å². The summed E-state index contributed by atoms with van der Waals surface area (Å²) in [5.41, 5.74) is 11.6. The normalized spacial score (nSPS) is 27.4. The van der Waals surface area contributed by atoms with Crippen molar-refractivity contribution in [3.63, 3.8) is 0 Å². The van der Waals surface area contributed by atoms with Gasteiger partial charge < -0.3 is 16.2 Å². The largest absolute Gasteiger partial charge is 0.468 e. The molecule has 1 saturated carbocycles. The molecule has 3 atom stereocenters. The van der Waals surface area contributed by atoms with Crippen LogP contribution < -0.4 is 11.5 Å². The SMILES string of the molecule is NCCCCC(N)C1=NC2(c3ccccc3Cl)CCC[C@H](O1)C2=O. The van der Waals surface area contributed by atoms with Crippen molar-refractivity contribution < 1.29 is 9.53 Å². The predicted octanol–water partition coefficient (Wildman–Crippen LogP) is 2.54. The molecule has 24 heavy (non-hydrogen) atoms. The lowest BCUT2D eigenvalue weighted by atomic mass is 9.73. The molecular weight excluding hydrogens is 326 g/mol. The molecule has 1 aliphatic heterocycles. The number of halogens is 1. The van der Waals surface area contributed by atoms with Crippen LogP contribution in [-0.4, -0.2) is 30.4 Å². The molecule has 1 aliphatic carbocycles. The van der Waals surface area contributed by atoms with Crippen LogP contribution in [0.25, 0.3) is 0 Å². The molecule has 2 bridgehead atoms. The Morgan fingerprint density at radius 3 is 2.92 bits per heavy atom. The summed E-state index contributed by atoms with van der Waals surface area (Å²) in [5, 5.41) is 0.563. The van der Waals surface area contributed by atoms with Gasteiger partial charge in [-0.3, -0.25) is 4.79 Å². The monoisotopic (exact) mass is 349 g/mol. The summed E-state index contributed by atoms with van der Waals surface area (Å²) in [4.78, 5) is 17.7. The molecule has 1 aromatic carbocycles. The number of Topliss-reactive ketones (excluding diaryl/α,β-unsaturated/α-hetero) is 1. The maximum atomic E-state index is 13.0. The number of ketones is 1. The average molecular weight is 350 g/mol. The minimum absolute atomic E-state index is 0.000224. The molecule has 2 aliphatic rings. The second-order valence-electron chi connectivity index (χ2n) is 6.54. The van der Waals surface area contributed by atoms with Gasteiger partial charge >= 0.3 is 0 Å². The lowest BCUT2D eigenvalue weighted by Crippen LogP contribution is -2.54. The molecule has 0 spiro atoms. The minimum atomic E-state index is -0.944. The van der Waals surface area contributed by atoms with E-state index in [-0.39, 0.29) is 11.8 Å². The van der Waals surface area contributed by atoms with E-state index >= 15 is 0 Å². The number of carbonyl (C=O) groups is 1. The van der Waals surface area contributed by atoms with Crippen molar-refractivity contribution in [2.75, 3.05) is 6.54 Å². The Balaban J connectivity index is 1.97. The highest BCUT2D eigenvalue weighted by molar-refractivity contribution is 6.32. The van der Waals surface area contributed by atoms with Gasteiger partial charge in [0.05, 0.1) is 6.04 Å². The Morgan fingerprint density at radius 1 is 1.38 bits per heavy atom. The number of fused-ring (bicyclic) bond motifs is 2. The van der Waals surface area contributed by atoms with E-state index in [4.69, 9.17) is 32.8 Å². The van der Waals surface area contributed by atoms with Gasteiger partial charge in [-0.2, -0.15) is 0 Å². The predicted molar refractivity (Wildman–Crippen MR) is 95.2 cm³/mol. The lowest BCUT2D eigenvalue weighted by molar-refractivity contribution is -0.137. The van der Waals surface area contributed by atoms with Crippen LogP contribution >= 0.6 is 11.6 Å². The van der Waals surface area contributed by atoms with Gasteiger partial charge in [-0.1, -0.05) is 36.2 Å². The Hall–Kier alpha value is -1.43. The zero-order valence-corrected chi connectivity index (χ0v) is 14.5. The van der Waals surface area contributed by atoms with Gasteiger partial charge in [-0.05, 0) is 44.7 Å². The van der Waals surface area contributed by atoms with Crippen LogP contribution in [0.5, 0.6) is 0 Å². The average Bonchev–Trinajstić information content (AvgIpc) is 2.55. The van der Waals surface area contributed by atoms with E-state index in [0.29, 0.717) is 30.3 Å². The molecule has 0 amide bonds. The van der Waals surface area contributed by atoms with Crippen molar-refractivity contribution in [3.05, 3.63) is 34.9 Å². The summed E-state index contributed by atoms with van der Waals surface area (Å²) < 4.78 is 5.85. The number of nitrogens with zero attached hydrogens (tertiary/aromatic N) is 1. The molecule has 1 heterocycles. The maximum Gasteiger partial charge on any atom is 0.205 e. The van der Waals surface area contributed by atoms with Crippen molar-refractivity contribution in [2.45, 2.75) is 56.2 Å². The molecule has 0 aromatic heterocycles. The summed E-state index contributed by atoms with van der Waals surface area (Å²) in [6.45, 7) is 0.644. The van der Waals surface area contributed by atoms with E-state index in [1.807, 2.05) is 18.2 Å². The number of hydrogen-bond donors (Lipinski definition) is 2. The lowest BCUT2D eigenvalue weighted by Gasteiger charge is -2.42. The van der Waals surface area contributed by atoms with E-state index < -0.39 is 11.6 Å². The van der Waals surface area contributed by atoms with Crippen LogP contribution in [0.1, 0.15) is 44.1 Å². The number of carbonyl (C=O) groups excluding carboxylic acids is 1. The van der Waals surface area contributed by atoms with Crippen LogP contribution in [0, 0.1) is 0 Å². The molecule has 1 aromatic rings. The van der Waals surface area contributed by atoms with Gasteiger partial charge in [0.25, 0.3) is 0 Å². The first-order valence-corrected chi connectivity index (χ1v) is 8.97. The Bertz CT molecular complexity index is 649. The third-order valence-corrected chi connectivity index (χ3v) is 5.20. The molecule has 0 saturated heterocycles. The van der Waals surface area contributed by atoms with Gasteiger partial charge in [0.2, 0.25) is 11.7 Å². The molecule has 2 unspecified atom stereocenters. The third kappa shape index (κ3) is 3.08. The van der Waals surface area contributed by atoms with Crippen molar-refractivity contribution in [3.8, 4) is 0 Å². The summed E-state index contributed by atoms with van der Waals surface area (Å²) in [6.07, 6.45) is 4.34. The fourth-order valence-electron chi connectivity index (χ4n) is 3.57. The van der Waals surface area contributed by atoms with E-state index in [2.05, 4.69) is 0 Å². The summed E-state index contributed by atoms with van der Waals surface area (Å²) in [5.74, 6) is 0.482. The Morgan fingerprint density at radius 2 is 2.17 bits per heavy atom. The van der Waals surface area contributed by atoms with Crippen LogP contribution in [0.3, 0.4) is 0 Å². The first-order valence-electron chi connectivity index (χ1n) is 8.60. The molecule has 4 N–H and O–H groups in total. The summed E-state index contributed by atoms with van der Waals surface area (Å²) in [6, 6.07) is 7.12. The quantitative estimate of drug-likeness (QED) is 0.772. The van der Waals surface area contributed by atoms with Crippen molar-refractivity contribution in [1.29, 1.82) is 0 Å². The maximum absolute atomic E-state index is 13.0. The number of benzene rings is 1. The van der Waals surface area contributed by atoms with Crippen molar-refractivity contribution in [1.82, 2.24) is 0 Å². The Kier molecular flexibility index (Phi) is 5.23. The molecular formula is C18H24ClN3O2. The molecule has 5 nitrogen and oxygen atoms in total. The van der Waals surface area contributed by atoms with Gasteiger partial charge in [0.1, 0.15) is 0 Å². The number of aliphatic imine (C=N–C) groups is 1. The van der Waals surface area contributed by atoms with E-state index in [1.54, 1.807) is 6.07 Å². The van der Waals surface area contributed by atoms with E-state index in [0.717, 1.165) is 31.2 Å². The van der Waals surface area contributed by atoms with Crippen LogP contribution in [-0.2, 0) is 15.1 Å². The smallest absolute Gasteiger partial charge is 0.205 e. The molecule has 130 valence electrons. The fraction of sp³-hybridized carbons (Fsp3) is 0.556. The standard InChI is InChI=1S/C18H24ClN3O2/c19-13-7-2-1-6-12(13)18-10-5-9-15(16(18)23)24-17(22-18)14(21)8-3-4-11-20/h1-2,6-7,14-15H,3-5,8-11,20-21H2/t14?,15-,18?/m0/s1. The number of nitrogens with two attached hydrogens (primary N) is 2. The zero-order chi connectivity index (χ0) is 17.2. The minimum Gasteiger partial charge on any atom is -0.468 e. The first-order chi connectivity index (χ1) is 11.6. The van der Waals surface area contributed by atoms with Crippen LogP contribution in [0.4, 0.5) is 0 Å². The highest BCUT2D eigenvalue weighted by Crippen LogP contribution is 2.44. The second-order valence-corrected chi connectivity index (χ2v) is 6.95. The van der Waals surface area contributed by atoms with Gasteiger partial charge in [-0.15, -0.1) is 0 Å². The van der Waals surface area contributed by atoms with Gasteiger partial charge in [-0.25, -0.2) is 4.99 Å². The third-order valence-electron chi connectivity index (χ3n) is 4.87. The van der Waals surface area contributed by atoms with E-state index in [1.165, 1.54) is 0 Å². The molecule has 3 rings (SSSR count). The zero-order valence-electron chi connectivity index (χ0n) is 13.7. The van der Waals surface area contributed by atoms with Crippen LogP contribution in [0.2, 0.25) is 5.02 Å². The second kappa shape index (κ2) is 7.21. The summed E-state index contributed by atoms with van der Waals surface area (Å²) in [7, 11) is 0. The number of hydrogen-bond acceptors (Lipinski definition) is 5. The van der Waals surface area contributed by atoms with Gasteiger partial charge in [0, 0.05) is 10.6 Å². The van der Waals surface area contributed by atoms with E-state index in [9.17, 15) is 4.79 Å². The van der Waals surface area contributed by atoms with Crippen molar-refractivity contribution in [2.24, 2.45) is 16.5 Å². The first kappa shape index (κ1) is 17.4. The van der Waals surface area contributed by atoms with Crippen molar-refractivity contribution >= 4 is 23.3 Å². The highest BCUT2D eigenvalue weighted by Gasteiger charge is 2.52. The topological polar surface area (TPSA) is 90.7 Å². The molecule has 0 radical (unpaired) electrons. The molecule has 1 fully saturated rings. The van der Waals surface area contributed by atoms with Gasteiger partial charge in [0.15, 0.2) is 11.6 Å². The summed E-state index contributed by atoms with van der Waals surface area (Å²) >= 11 is 6.39. The molecule has 6 heteroatoms.